The number of ether oxygens (including phenoxy) is 1. The maximum absolute atomic E-state index is 14.2. The molecule has 0 bridgehead atoms. The fourth-order valence-electron chi connectivity index (χ4n) is 4.96. The Morgan fingerprint density at radius 2 is 1.77 bits per heavy atom. The van der Waals surface area contributed by atoms with Crippen LogP contribution in [0.5, 0.6) is 5.75 Å². The molecule has 0 heterocycles. The van der Waals surface area contributed by atoms with Crippen molar-refractivity contribution in [2.75, 3.05) is 6.61 Å². The third-order valence-electron chi connectivity index (χ3n) is 6.46. The summed E-state index contributed by atoms with van der Waals surface area (Å²) in [6, 6.07) is 19.6. The van der Waals surface area contributed by atoms with Crippen LogP contribution in [0.3, 0.4) is 0 Å². The summed E-state index contributed by atoms with van der Waals surface area (Å²) >= 11 is 0. The van der Waals surface area contributed by atoms with Crippen molar-refractivity contribution >= 4 is 16.6 Å². The summed E-state index contributed by atoms with van der Waals surface area (Å²) in [7, 11) is 0. The van der Waals surface area contributed by atoms with E-state index < -0.39 is 0 Å². The topological polar surface area (TPSA) is 26.3 Å². The lowest BCUT2D eigenvalue weighted by Gasteiger charge is -2.19. The first-order chi connectivity index (χ1) is 14.5. The van der Waals surface area contributed by atoms with Crippen molar-refractivity contribution in [2.24, 2.45) is 5.92 Å². The van der Waals surface area contributed by atoms with Crippen LogP contribution in [-0.4, -0.2) is 12.4 Å². The van der Waals surface area contributed by atoms with E-state index in [1.54, 1.807) is 6.07 Å². The molecule has 2 nitrogen and oxygen atoms in total. The highest BCUT2D eigenvalue weighted by Gasteiger charge is 2.27. The number of rotatable bonds is 7. The van der Waals surface area contributed by atoms with E-state index in [0.717, 1.165) is 22.9 Å². The molecule has 1 saturated carbocycles. The standard InChI is InChI=1S/C27H29FO2/c1-18(24-13-14-27(28)26-6-4-3-5-25(24)26)15-20-7-8-22(16-20)21-9-11-23(12-10-21)30-17-19(2)29/h3-6,9-14,18,20,22H,7-8,15-17H2,1-2H3/t18-,20+,22-/m0/s1. The molecule has 0 N–H and O–H groups in total. The summed E-state index contributed by atoms with van der Waals surface area (Å²) in [5.41, 5.74) is 2.61. The van der Waals surface area contributed by atoms with Gasteiger partial charge in [-0.3, -0.25) is 4.79 Å². The van der Waals surface area contributed by atoms with Gasteiger partial charge < -0.3 is 4.74 Å². The maximum Gasteiger partial charge on any atom is 0.167 e. The van der Waals surface area contributed by atoms with Crippen molar-refractivity contribution in [1.29, 1.82) is 0 Å². The van der Waals surface area contributed by atoms with Crippen LogP contribution in [0.15, 0.2) is 60.7 Å². The monoisotopic (exact) mass is 404 g/mol. The normalized spacial score (nSPS) is 19.7. The van der Waals surface area contributed by atoms with Crippen LogP contribution in [-0.2, 0) is 4.79 Å². The number of carbonyl (C=O) groups is 1. The van der Waals surface area contributed by atoms with Crippen LogP contribution in [0.1, 0.15) is 62.5 Å². The van der Waals surface area contributed by atoms with Gasteiger partial charge in [0, 0.05) is 5.39 Å². The van der Waals surface area contributed by atoms with Crippen LogP contribution < -0.4 is 4.74 Å². The molecule has 0 amide bonds. The summed E-state index contributed by atoms with van der Waals surface area (Å²) in [4.78, 5) is 11.1. The summed E-state index contributed by atoms with van der Waals surface area (Å²) in [5.74, 6) is 2.30. The maximum atomic E-state index is 14.2. The van der Waals surface area contributed by atoms with E-state index in [2.05, 4.69) is 19.1 Å². The molecule has 3 aromatic rings. The van der Waals surface area contributed by atoms with Gasteiger partial charge in [0.05, 0.1) is 0 Å². The van der Waals surface area contributed by atoms with Gasteiger partial charge in [-0.2, -0.15) is 0 Å². The van der Waals surface area contributed by atoms with Gasteiger partial charge in [0.25, 0.3) is 0 Å². The van der Waals surface area contributed by atoms with Crippen molar-refractivity contribution < 1.29 is 13.9 Å². The summed E-state index contributed by atoms with van der Waals surface area (Å²) in [6.07, 6.45) is 4.76. The van der Waals surface area contributed by atoms with E-state index in [0.29, 0.717) is 17.8 Å². The average molecular weight is 405 g/mol. The zero-order valence-corrected chi connectivity index (χ0v) is 17.7. The molecule has 0 spiro atoms. The molecule has 3 atom stereocenters. The van der Waals surface area contributed by atoms with Crippen LogP contribution in [0, 0.1) is 11.7 Å². The fourth-order valence-corrected chi connectivity index (χ4v) is 4.96. The molecule has 0 radical (unpaired) electrons. The van der Waals surface area contributed by atoms with Gasteiger partial charge in [-0.15, -0.1) is 0 Å². The number of fused-ring (bicyclic) bond motifs is 1. The molecule has 156 valence electrons. The van der Waals surface area contributed by atoms with Gasteiger partial charge in [-0.05, 0) is 85.1 Å². The molecular formula is C27H29FO2. The summed E-state index contributed by atoms with van der Waals surface area (Å²) in [5, 5.41) is 1.76. The third kappa shape index (κ3) is 4.56. The van der Waals surface area contributed by atoms with E-state index in [9.17, 15) is 9.18 Å². The van der Waals surface area contributed by atoms with Crippen molar-refractivity contribution in [3.8, 4) is 5.75 Å². The fraction of sp³-hybridized carbons (Fsp3) is 0.370. The first kappa shape index (κ1) is 20.6. The lowest BCUT2D eigenvalue weighted by Crippen LogP contribution is -2.06. The quantitative estimate of drug-likeness (QED) is 0.423. The Bertz CT molecular complexity index is 1020. The first-order valence-electron chi connectivity index (χ1n) is 10.9. The number of hydrogen-bond donors (Lipinski definition) is 0. The van der Waals surface area contributed by atoms with Gasteiger partial charge in [0.1, 0.15) is 18.2 Å². The van der Waals surface area contributed by atoms with Crippen molar-refractivity contribution in [3.63, 3.8) is 0 Å². The number of Topliss-reactive ketones (excluding diaryl/α,β-unsaturated/α-hetero) is 1. The molecule has 3 heteroatoms. The van der Waals surface area contributed by atoms with Crippen molar-refractivity contribution in [2.45, 2.75) is 51.4 Å². The molecule has 0 saturated heterocycles. The highest BCUT2D eigenvalue weighted by atomic mass is 19.1. The largest absolute Gasteiger partial charge is 0.486 e. The minimum absolute atomic E-state index is 0.0285. The lowest BCUT2D eigenvalue weighted by atomic mass is 9.86. The van der Waals surface area contributed by atoms with E-state index in [1.807, 2.05) is 42.5 Å². The highest BCUT2D eigenvalue weighted by Crippen LogP contribution is 2.43. The van der Waals surface area contributed by atoms with Crippen LogP contribution in [0.25, 0.3) is 10.8 Å². The van der Waals surface area contributed by atoms with Gasteiger partial charge in [-0.25, -0.2) is 4.39 Å². The molecule has 1 aliphatic rings. The first-order valence-corrected chi connectivity index (χ1v) is 10.9. The van der Waals surface area contributed by atoms with Gasteiger partial charge >= 0.3 is 0 Å². The van der Waals surface area contributed by atoms with Crippen LogP contribution in [0.4, 0.5) is 4.39 Å². The Morgan fingerprint density at radius 3 is 2.50 bits per heavy atom. The SMILES string of the molecule is CC(=O)COc1ccc([C@H]2CC[C@H](C[C@H](C)c3ccc(F)c4ccccc34)C2)cc1. The molecule has 0 aliphatic heterocycles. The summed E-state index contributed by atoms with van der Waals surface area (Å²) in [6.45, 7) is 3.93. The number of carbonyl (C=O) groups excluding carboxylic acids is 1. The van der Waals surface area contributed by atoms with E-state index in [1.165, 1.54) is 37.3 Å². The molecule has 30 heavy (non-hydrogen) atoms. The van der Waals surface area contributed by atoms with Gasteiger partial charge in [0.2, 0.25) is 0 Å². The van der Waals surface area contributed by atoms with Crippen LogP contribution >= 0.6 is 0 Å². The summed E-state index contributed by atoms with van der Waals surface area (Å²) < 4.78 is 19.6. The molecule has 0 unspecified atom stereocenters. The van der Waals surface area contributed by atoms with Gasteiger partial charge in [-0.1, -0.05) is 49.4 Å². The van der Waals surface area contributed by atoms with E-state index in [4.69, 9.17) is 4.74 Å². The Kier molecular flexibility index (Phi) is 6.17. The average Bonchev–Trinajstić information content (AvgIpc) is 3.21. The minimum Gasteiger partial charge on any atom is -0.486 e. The molecule has 3 aromatic carbocycles. The zero-order chi connectivity index (χ0) is 21.1. The second-order valence-electron chi connectivity index (χ2n) is 8.75. The third-order valence-corrected chi connectivity index (χ3v) is 6.46. The second-order valence-corrected chi connectivity index (χ2v) is 8.75. The molecule has 4 rings (SSSR count). The van der Waals surface area contributed by atoms with Crippen molar-refractivity contribution in [3.05, 3.63) is 77.6 Å². The Balaban J connectivity index is 1.39. The molecule has 1 fully saturated rings. The number of hydrogen-bond acceptors (Lipinski definition) is 2. The number of halogens is 1. The Hall–Kier alpha value is -2.68. The van der Waals surface area contributed by atoms with Gasteiger partial charge in [0.15, 0.2) is 5.78 Å². The lowest BCUT2D eigenvalue weighted by molar-refractivity contribution is -0.118. The Labute approximate surface area is 178 Å². The van der Waals surface area contributed by atoms with E-state index in [-0.39, 0.29) is 18.2 Å². The molecule has 0 aromatic heterocycles. The smallest absolute Gasteiger partial charge is 0.167 e. The Morgan fingerprint density at radius 1 is 1.03 bits per heavy atom. The zero-order valence-electron chi connectivity index (χ0n) is 17.7. The molecular weight excluding hydrogens is 375 g/mol. The second kappa shape index (κ2) is 8.99. The van der Waals surface area contributed by atoms with E-state index >= 15 is 0 Å². The highest BCUT2D eigenvalue weighted by molar-refractivity contribution is 5.86. The predicted octanol–water partition coefficient (Wildman–Crippen LogP) is 7.02. The predicted molar refractivity (Wildman–Crippen MR) is 120 cm³/mol. The van der Waals surface area contributed by atoms with Crippen molar-refractivity contribution in [1.82, 2.24) is 0 Å². The molecule has 1 aliphatic carbocycles. The minimum atomic E-state index is -0.141. The number of ketones is 1. The van der Waals surface area contributed by atoms with Crippen LogP contribution in [0.2, 0.25) is 0 Å². The number of benzene rings is 3.